The van der Waals surface area contributed by atoms with Crippen molar-refractivity contribution in [2.24, 2.45) is 0 Å². The second-order valence-electron chi connectivity index (χ2n) is 7.29. The first-order chi connectivity index (χ1) is 14.5. The van der Waals surface area contributed by atoms with Gasteiger partial charge in [-0.2, -0.15) is 0 Å². The topological polar surface area (TPSA) is 62.8 Å². The third kappa shape index (κ3) is 5.93. The lowest BCUT2D eigenvalue weighted by atomic mass is 9.85. The van der Waals surface area contributed by atoms with E-state index in [0.717, 1.165) is 17.6 Å². The Balaban J connectivity index is 1.74. The second-order valence-corrected chi connectivity index (χ2v) is 8.20. The Morgan fingerprint density at radius 1 is 1.23 bits per heavy atom. The van der Waals surface area contributed by atoms with Crippen LogP contribution < -0.4 is 15.4 Å². The number of nitrogens with one attached hydrogen (secondary N) is 2. The number of urea groups is 1. The Labute approximate surface area is 184 Å². The van der Waals surface area contributed by atoms with Crippen molar-refractivity contribution < 1.29 is 18.7 Å². The van der Waals surface area contributed by atoms with E-state index in [1.807, 2.05) is 24.3 Å². The van der Waals surface area contributed by atoms with Crippen LogP contribution in [0.25, 0.3) is 0 Å². The minimum absolute atomic E-state index is 0.183. The zero-order chi connectivity index (χ0) is 21.5. The number of amides is 2. The molecule has 2 aromatic carbocycles. The van der Waals surface area contributed by atoms with Crippen molar-refractivity contribution in [3.05, 3.63) is 58.3 Å². The number of rotatable bonds is 7. The van der Waals surface area contributed by atoms with Crippen molar-refractivity contribution in [3.8, 4) is 5.75 Å². The lowest BCUT2D eigenvalue weighted by Crippen LogP contribution is -2.51. The highest BCUT2D eigenvalue weighted by atomic mass is 79.9. The van der Waals surface area contributed by atoms with Crippen LogP contribution in [-0.4, -0.2) is 57.4 Å². The van der Waals surface area contributed by atoms with E-state index in [1.54, 1.807) is 19.2 Å². The van der Waals surface area contributed by atoms with Crippen molar-refractivity contribution >= 4 is 27.6 Å². The van der Waals surface area contributed by atoms with Crippen LogP contribution >= 0.6 is 15.9 Å². The highest BCUT2D eigenvalue weighted by Crippen LogP contribution is 2.31. The summed E-state index contributed by atoms with van der Waals surface area (Å²) in [7, 11) is 3.18. The fraction of sp³-hybridized carbons (Fsp3) is 0.409. The number of hydrogen-bond acceptors (Lipinski definition) is 4. The molecule has 0 spiro atoms. The number of likely N-dealkylation sites (tertiary alicyclic amines) is 1. The Morgan fingerprint density at radius 2 is 2.00 bits per heavy atom. The maximum absolute atomic E-state index is 14.8. The second kappa shape index (κ2) is 10.7. The van der Waals surface area contributed by atoms with E-state index >= 15 is 0 Å². The summed E-state index contributed by atoms with van der Waals surface area (Å²) in [6.07, 6.45) is 0.716. The van der Waals surface area contributed by atoms with Gasteiger partial charge in [0.05, 0.1) is 13.7 Å². The van der Waals surface area contributed by atoms with E-state index in [2.05, 4.69) is 31.5 Å². The molecule has 1 aliphatic heterocycles. The highest BCUT2D eigenvalue weighted by Gasteiger charge is 2.33. The molecular weight excluding hydrogens is 453 g/mol. The van der Waals surface area contributed by atoms with Crippen molar-refractivity contribution in [3.63, 3.8) is 0 Å². The molecule has 1 saturated heterocycles. The van der Waals surface area contributed by atoms with Gasteiger partial charge in [0.15, 0.2) is 0 Å². The molecule has 3 rings (SSSR count). The lowest BCUT2D eigenvalue weighted by molar-refractivity contribution is 0.117. The predicted molar refractivity (Wildman–Crippen MR) is 119 cm³/mol. The predicted octanol–water partition coefficient (Wildman–Crippen LogP) is 4.22. The SMILES string of the molecule is COCCN1CC[C@@H](NC(=O)Nc2ccc(Br)cc2)C(c2ccc(OC)cc2F)C1. The molecule has 8 heteroatoms. The minimum Gasteiger partial charge on any atom is -0.497 e. The lowest BCUT2D eigenvalue weighted by Gasteiger charge is -2.39. The quantitative estimate of drug-likeness (QED) is 0.623. The number of ether oxygens (including phenoxy) is 2. The zero-order valence-electron chi connectivity index (χ0n) is 17.2. The molecule has 2 aromatic rings. The molecule has 1 aliphatic rings. The molecule has 0 aromatic heterocycles. The number of carbonyl (C=O) groups excluding carboxylic acids is 1. The molecule has 2 N–H and O–H groups in total. The van der Waals surface area contributed by atoms with Crippen LogP contribution in [0, 0.1) is 5.82 Å². The molecule has 1 fully saturated rings. The maximum Gasteiger partial charge on any atom is 0.319 e. The van der Waals surface area contributed by atoms with E-state index in [-0.39, 0.29) is 23.8 Å². The van der Waals surface area contributed by atoms with Gasteiger partial charge in [-0.1, -0.05) is 22.0 Å². The van der Waals surface area contributed by atoms with Crippen LogP contribution in [0.15, 0.2) is 46.9 Å². The van der Waals surface area contributed by atoms with Crippen LogP contribution in [0.1, 0.15) is 17.9 Å². The van der Waals surface area contributed by atoms with E-state index in [0.29, 0.717) is 36.6 Å². The third-order valence-corrected chi connectivity index (χ3v) is 5.86. The summed E-state index contributed by atoms with van der Waals surface area (Å²) < 4.78 is 26.1. The molecule has 6 nitrogen and oxygen atoms in total. The van der Waals surface area contributed by atoms with E-state index in [1.165, 1.54) is 13.2 Å². The van der Waals surface area contributed by atoms with Crippen molar-refractivity contribution in [1.29, 1.82) is 0 Å². The van der Waals surface area contributed by atoms with Gasteiger partial charge >= 0.3 is 6.03 Å². The average molecular weight is 480 g/mol. The molecule has 0 radical (unpaired) electrons. The van der Waals surface area contributed by atoms with Crippen LogP contribution in [0.5, 0.6) is 5.75 Å². The van der Waals surface area contributed by atoms with Crippen LogP contribution in [0.3, 0.4) is 0 Å². The summed E-state index contributed by atoms with van der Waals surface area (Å²) in [5.74, 6) is -0.0361. The smallest absolute Gasteiger partial charge is 0.319 e. The Kier molecular flexibility index (Phi) is 8.07. The van der Waals surface area contributed by atoms with Gasteiger partial charge in [-0.15, -0.1) is 0 Å². The standard InChI is InChI=1S/C22H27BrFN3O3/c1-29-12-11-27-10-9-21(26-22(28)25-16-5-3-15(23)4-6-16)19(14-27)18-8-7-17(30-2)13-20(18)24/h3-8,13,19,21H,9-12,14H2,1-2H3,(H2,25,26,28)/t19?,21-/m1/s1. The third-order valence-electron chi connectivity index (χ3n) is 5.33. The highest BCUT2D eigenvalue weighted by molar-refractivity contribution is 9.10. The summed E-state index contributed by atoms with van der Waals surface area (Å²) in [4.78, 5) is 14.8. The van der Waals surface area contributed by atoms with Gasteiger partial charge in [0.2, 0.25) is 0 Å². The molecule has 0 aliphatic carbocycles. The molecule has 0 bridgehead atoms. The number of benzene rings is 2. The first kappa shape index (κ1) is 22.5. The molecule has 0 saturated carbocycles. The fourth-order valence-electron chi connectivity index (χ4n) is 3.74. The Hall–Kier alpha value is -2.16. The first-order valence-electron chi connectivity index (χ1n) is 9.88. The molecule has 30 heavy (non-hydrogen) atoms. The Morgan fingerprint density at radius 3 is 2.67 bits per heavy atom. The van der Waals surface area contributed by atoms with Gasteiger partial charge < -0.3 is 25.0 Å². The number of carbonyl (C=O) groups is 1. The number of methoxy groups -OCH3 is 2. The molecule has 2 amide bonds. The van der Waals surface area contributed by atoms with E-state index in [9.17, 15) is 9.18 Å². The first-order valence-corrected chi connectivity index (χ1v) is 10.7. The van der Waals surface area contributed by atoms with Crippen LogP contribution in [-0.2, 0) is 4.74 Å². The largest absolute Gasteiger partial charge is 0.497 e. The molecular formula is C22H27BrFN3O3. The summed E-state index contributed by atoms with van der Waals surface area (Å²) in [6.45, 7) is 2.82. The molecule has 162 valence electrons. The fourth-order valence-corrected chi connectivity index (χ4v) is 4.00. The van der Waals surface area contributed by atoms with Crippen LogP contribution in [0.4, 0.5) is 14.9 Å². The van der Waals surface area contributed by atoms with Gasteiger partial charge in [0.1, 0.15) is 11.6 Å². The maximum atomic E-state index is 14.8. The summed E-state index contributed by atoms with van der Waals surface area (Å²) in [5.41, 5.74) is 1.27. The van der Waals surface area contributed by atoms with Gasteiger partial charge in [0, 0.05) is 54.9 Å². The molecule has 1 heterocycles. The summed E-state index contributed by atoms with van der Waals surface area (Å²) >= 11 is 3.38. The monoisotopic (exact) mass is 479 g/mol. The van der Waals surface area contributed by atoms with Gasteiger partial charge in [0.25, 0.3) is 0 Å². The summed E-state index contributed by atoms with van der Waals surface area (Å²) in [6, 6.07) is 11.8. The van der Waals surface area contributed by atoms with Gasteiger partial charge in [-0.3, -0.25) is 0 Å². The Bertz CT molecular complexity index is 850. The number of halogens is 2. The molecule has 2 atom stereocenters. The number of piperidine rings is 1. The molecule has 1 unspecified atom stereocenters. The van der Waals surface area contributed by atoms with E-state index < -0.39 is 0 Å². The van der Waals surface area contributed by atoms with Gasteiger partial charge in [-0.25, -0.2) is 9.18 Å². The summed E-state index contributed by atoms with van der Waals surface area (Å²) in [5, 5.41) is 5.89. The number of anilines is 1. The van der Waals surface area contributed by atoms with Crippen molar-refractivity contribution in [2.45, 2.75) is 18.4 Å². The normalized spacial score (nSPS) is 19.3. The number of hydrogen-bond donors (Lipinski definition) is 2. The van der Waals surface area contributed by atoms with Crippen molar-refractivity contribution in [2.75, 3.05) is 45.8 Å². The van der Waals surface area contributed by atoms with Crippen molar-refractivity contribution in [1.82, 2.24) is 10.2 Å². The van der Waals surface area contributed by atoms with Gasteiger partial charge in [-0.05, 0) is 42.3 Å². The minimum atomic E-state index is -0.326. The zero-order valence-corrected chi connectivity index (χ0v) is 18.7. The van der Waals surface area contributed by atoms with Crippen LogP contribution in [0.2, 0.25) is 0 Å². The number of nitrogens with zero attached hydrogens (tertiary/aromatic N) is 1. The van der Waals surface area contributed by atoms with E-state index in [4.69, 9.17) is 9.47 Å². The average Bonchev–Trinajstić information content (AvgIpc) is 2.74.